The van der Waals surface area contributed by atoms with Crippen LogP contribution in [0.2, 0.25) is 0 Å². The van der Waals surface area contributed by atoms with Crippen LogP contribution in [-0.4, -0.2) is 29.9 Å². The van der Waals surface area contributed by atoms with Gasteiger partial charge in [-0.25, -0.2) is 0 Å². The third kappa shape index (κ3) is 12.7. The first-order valence-electron chi connectivity index (χ1n) is 36.8. The Hall–Kier alpha value is -9.78. The van der Waals surface area contributed by atoms with Crippen molar-refractivity contribution in [1.29, 1.82) is 0 Å². The first-order valence-corrected chi connectivity index (χ1v) is 36.8. The van der Waals surface area contributed by atoms with Crippen LogP contribution in [0.25, 0.3) is 66.8 Å². The van der Waals surface area contributed by atoms with Crippen molar-refractivity contribution in [1.82, 2.24) is 29.9 Å². The number of pyridine rings is 6. The standard InChI is InChI=1S/6C16H17N/c1-9-5-15-14-6-10(2)11(3)12(4)13(14)7-16(15)17-8-9;1-9-5-14-15(17-8-9)7-13-12(4)10(2)6-11(3)16(13)14;1-9-7-10(2)16-13-6-5-11(3)17-15(13)8-14(16)12(9)4;1-9-7-15-13-6-5-10(2)17-16(13)8-14(15)12(4)11(9)3;1-9-5-6-17-15-8-13-12(4)11(3)10(2)7-14(13)16(9)15;1-9-5-6-17-14-8-13-12(4)10(2)7-11(3)15(13)16(9)14/h2*5-6,8H,7H2,1-4H3;4*5-7H,8H2,1-4H3. The van der Waals surface area contributed by atoms with Gasteiger partial charge in [0.2, 0.25) is 0 Å². The molecule has 0 saturated carbocycles. The van der Waals surface area contributed by atoms with E-state index in [1.807, 2.05) is 24.8 Å². The molecule has 0 fully saturated rings. The number of hydrogen-bond acceptors (Lipinski definition) is 6. The Labute approximate surface area is 608 Å². The highest BCUT2D eigenvalue weighted by atomic mass is 14.7. The van der Waals surface area contributed by atoms with Crippen LogP contribution in [0.1, 0.15) is 201 Å². The molecule has 0 unspecified atom stereocenters. The van der Waals surface area contributed by atoms with E-state index in [-0.39, 0.29) is 0 Å². The summed E-state index contributed by atoms with van der Waals surface area (Å²) in [6, 6.07) is 31.3. The molecule has 0 amide bonds. The molecule has 0 atom stereocenters. The van der Waals surface area contributed by atoms with Gasteiger partial charge in [0.15, 0.2) is 0 Å². The van der Waals surface area contributed by atoms with Crippen molar-refractivity contribution in [2.24, 2.45) is 0 Å². The lowest BCUT2D eigenvalue weighted by molar-refractivity contribution is 1.06. The molecule has 6 heterocycles. The molecule has 18 rings (SSSR count). The zero-order chi connectivity index (χ0) is 72.9. The van der Waals surface area contributed by atoms with E-state index >= 15 is 0 Å². The molecule has 0 radical (unpaired) electrons. The van der Waals surface area contributed by atoms with E-state index in [0.717, 1.165) is 49.9 Å². The van der Waals surface area contributed by atoms with E-state index in [0.29, 0.717) is 0 Å². The molecular weight excluding hydrogens is 1240 g/mol. The molecule has 6 heteroatoms. The van der Waals surface area contributed by atoms with Gasteiger partial charge in [0.1, 0.15) is 0 Å². The monoisotopic (exact) mass is 1340 g/mol. The highest BCUT2D eigenvalue weighted by Gasteiger charge is 2.30. The van der Waals surface area contributed by atoms with Crippen molar-refractivity contribution >= 4 is 0 Å². The second kappa shape index (κ2) is 27.5. The molecule has 12 aromatic rings. The number of nitrogens with zero attached hydrogens (tertiary/aromatic N) is 6. The van der Waals surface area contributed by atoms with Gasteiger partial charge < -0.3 is 0 Å². The van der Waals surface area contributed by atoms with Crippen LogP contribution in [0.5, 0.6) is 0 Å². The van der Waals surface area contributed by atoms with Crippen molar-refractivity contribution in [3.8, 4) is 66.8 Å². The van der Waals surface area contributed by atoms with Crippen molar-refractivity contribution in [3.63, 3.8) is 0 Å². The van der Waals surface area contributed by atoms with Crippen molar-refractivity contribution in [2.45, 2.75) is 205 Å². The lowest BCUT2D eigenvalue weighted by atomic mass is 9.92. The van der Waals surface area contributed by atoms with Gasteiger partial charge in [-0.1, -0.05) is 48.5 Å². The fourth-order valence-electron chi connectivity index (χ4n) is 17.2. The van der Waals surface area contributed by atoms with Gasteiger partial charge in [-0.05, 0) is 392 Å². The maximum atomic E-state index is 4.68. The smallest absolute Gasteiger partial charge is 0.0529 e. The minimum Gasteiger partial charge on any atom is -0.260 e. The second-order valence-corrected chi connectivity index (χ2v) is 30.7. The maximum Gasteiger partial charge on any atom is 0.0529 e. The summed E-state index contributed by atoms with van der Waals surface area (Å²) in [6.07, 6.45) is 13.8. The van der Waals surface area contributed by atoms with Gasteiger partial charge in [0.05, 0.1) is 34.2 Å². The Bertz CT molecular complexity index is 5500. The Balaban J connectivity index is 0.000000109. The fraction of sp³-hybridized carbons (Fsp3) is 0.312. The summed E-state index contributed by atoms with van der Waals surface area (Å²) in [5.74, 6) is 0. The molecule has 516 valence electrons. The largest absolute Gasteiger partial charge is 0.260 e. The van der Waals surface area contributed by atoms with Crippen LogP contribution in [0.3, 0.4) is 0 Å². The average Bonchev–Trinajstić information content (AvgIpc) is 1.65. The van der Waals surface area contributed by atoms with E-state index in [2.05, 4.69) is 281 Å². The zero-order valence-electron chi connectivity index (χ0n) is 65.3. The quantitative estimate of drug-likeness (QED) is 0.151. The third-order valence-corrected chi connectivity index (χ3v) is 24.0. The minimum absolute atomic E-state index is 0.998. The fourth-order valence-corrected chi connectivity index (χ4v) is 17.2. The SMILES string of the molecule is Cc1cc(C)c2c(c1C)Cc1nccc(C)c1-2.Cc1cc2c(c(C)c1C)Cc1nccc(C)c1-2.Cc1ccc2c(n1)Cc1c(C)c(C)cc(C)c1-2.Cc1ccc2c(n1)Cc1c-2cc(C)c(C)c1C.Cc1cnc2c(c1)-c1c(C)cc(C)c(C)c1C2.Cc1cnc2c(c1)-c1cc(C)c(C)c(C)c1C2. The predicted molar refractivity (Wildman–Crippen MR) is 429 cm³/mol. The summed E-state index contributed by atoms with van der Waals surface area (Å²) in [7, 11) is 0. The van der Waals surface area contributed by atoms with Gasteiger partial charge in [-0.2, -0.15) is 0 Å². The maximum absolute atomic E-state index is 4.68. The normalized spacial score (nSPS) is 12.5. The number of fused-ring (bicyclic) bond motifs is 18. The number of aromatic nitrogens is 6. The Kier molecular flexibility index (Phi) is 19.1. The van der Waals surface area contributed by atoms with Crippen LogP contribution in [0.4, 0.5) is 0 Å². The third-order valence-electron chi connectivity index (χ3n) is 24.0. The van der Waals surface area contributed by atoms with Crippen LogP contribution in [0, 0.1) is 166 Å². The topological polar surface area (TPSA) is 77.3 Å². The summed E-state index contributed by atoms with van der Waals surface area (Å²) in [5, 5.41) is 0. The van der Waals surface area contributed by atoms with Gasteiger partial charge in [0, 0.05) is 108 Å². The average molecular weight is 1340 g/mol. The van der Waals surface area contributed by atoms with Crippen LogP contribution >= 0.6 is 0 Å². The number of aryl methyl sites for hydroxylation is 15. The first-order chi connectivity index (χ1) is 48.5. The van der Waals surface area contributed by atoms with E-state index in [1.165, 1.54) is 257 Å². The van der Waals surface area contributed by atoms with Crippen LogP contribution < -0.4 is 0 Å². The van der Waals surface area contributed by atoms with Gasteiger partial charge in [0.25, 0.3) is 0 Å². The molecule has 6 aliphatic carbocycles. The first kappa shape index (κ1) is 70.6. The van der Waals surface area contributed by atoms with Gasteiger partial charge >= 0.3 is 0 Å². The Morgan fingerprint density at radius 3 is 1.07 bits per heavy atom. The van der Waals surface area contributed by atoms with Crippen LogP contribution in [0.15, 0.2) is 110 Å². The molecule has 0 N–H and O–H groups in total. The van der Waals surface area contributed by atoms with Crippen LogP contribution in [-0.2, 0) is 38.5 Å². The molecule has 0 bridgehead atoms. The highest BCUT2D eigenvalue weighted by molar-refractivity contribution is 5.85. The number of hydrogen-bond donors (Lipinski definition) is 0. The van der Waals surface area contributed by atoms with E-state index < -0.39 is 0 Å². The predicted octanol–water partition coefficient (Wildman–Crippen LogP) is 23.3. The van der Waals surface area contributed by atoms with Gasteiger partial charge in [-0.3, -0.25) is 29.9 Å². The molecule has 0 spiro atoms. The molecule has 102 heavy (non-hydrogen) atoms. The van der Waals surface area contributed by atoms with Crippen molar-refractivity contribution in [3.05, 3.63) is 311 Å². The van der Waals surface area contributed by atoms with E-state index in [9.17, 15) is 0 Å². The number of rotatable bonds is 0. The van der Waals surface area contributed by atoms with Crippen molar-refractivity contribution < 1.29 is 0 Å². The van der Waals surface area contributed by atoms with Crippen molar-refractivity contribution in [2.75, 3.05) is 0 Å². The zero-order valence-corrected chi connectivity index (χ0v) is 65.3. The summed E-state index contributed by atoms with van der Waals surface area (Å²) in [6.45, 7) is 52.6. The lowest BCUT2D eigenvalue weighted by Gasteiger charge is -2.12. The second-order valence-electron chi connectivity index (χ2n) is 30.7. The molecule has 6 aromatic heterocycles. The van der Waals surface area contributed by atoms with E-state index in [4.69, 9.17) is 0 Å². The summed E-state index contributed by atoms with van der Waals surface area (Å²) in [5.41, 5.74) is 65.7. The molecule has 0 saturated heterocycles. The van der Waals surface area contributed by atoms with E-state index in [1.54, 1.807) is 0 Å². The molecule has 6 nitrogen and oxygen atoms in total. The summed E-state index contributed by atoms with van der Waals surface area (Å²) in [4.78, 5) is 27.6. The molecule has 6 aliphatic rings. The highest BCUT2D eigenvalue weighted by Crippen LogP contribution is 2.47. The van der Waals surface area contributed by atoms with Gasteiger partial charge in [-0.15, -0.1) is 0 Å². The Morgan fingerprint density at radius 2 is 0.549 bits per heavy atom. The summed E-state index contributed by atoms with van der Waals surface area (Å²) >= 11 is 0. The Morgan fingerprint density at radius 1 is 0.206 bits per heavy atom. The summed E-state index contributed by atoms with van der Waals surface area (Å²) < 4.78 is 0. The molecule has 6 aromatic carbocycles. The molecule has 0 aliphatic heterocycles. The molecular formula is C96H102N6. The lowest BCUT2D eigenvalue weighted by Crippen LogP contribution is -1.94. The number of benzene rings is 6. The minimum atomic E-state index is 0.998.